The van der Waals surface area contributed by atoms with Crippen LogP contribution in [0.3, 0.4) is 0 Å². The number of pyridine rings is 1. The molecule has 1 saturated heterocycles. The molecular formula is C34H35F2N5O4. The maximum absolute atomic E-state index is 13.7. The number of hydrogen-bond donors (Lipinski definition) is 2. The minimum absolute atomic E-state index is 0.124. The van der Waals surface area contributed by atoms with Crippen molar-refractivity contribution in [1.82, 2.24) is 20.5 Å². The van der Waals surface area contributed by atoms with Gasteiger partial charge in [-0.25, -0.2) is 8.78 Å². The van der Waals surface area contributed by atoms with Crippen molar-refractivity contribution in [1.29, 1.82) is 5.26 Å². The second-order valence-electron chi connectivity index (χ2n) is 11.4. The van der Waals surface area contributed by atoms with Gasteiger partial charge in [-0.1, -0.05) is 55.7 Å². The number of hydrogen-bond acceptors (Lipinski definition) is 6. The maximum Gasteiger partial charge on any atom is 0.268 e. The summed E-state index contributed by atoms with van der Waals surface area (Å²) in [5.74, 6) is -3.44. The summed E-state index contributed by atoms with van der Waals surface area (Å²) in [4.78, 5) is 42.8. The summed E-state index contributed by atoms with van der Waals surface area (Å²) in [6, 6.07) is 15.1. The van der Waals surface area contributed by atoms with E-state index in [9.17, 15) is 23.2 Å². The number of rotatable bonds is 10. The minimum Gasteiger partial charge on any atom is -0.492 e. The first-order valence-corrected chi connectivity index (χ1v) is 15.1. The van der Waals surface area contributed by atoms with Gasteiger partial charge in [-0.15, -0.1) is 0 Å². The van der Waals surface area contributed by atoms with Gasteiger partial charge in [0.25, 0.3) is 11.8 Å². The van der Waals surface area contributed by atoms with E-state index in [1.807, 2.05) is 48.6 Å². The number of carbonyl (C=O) groups excluding carboxylic acids is 3. The number of fused-ring (bicyclic) bond motifs is 1. The van der Waals surface area contributed by atoms with Crippen molar-refractivity contribution >= 4 is 40.8 Å². The number of alkyl halides is 2. The number of nitriles is 1. The van der Waals surface area contributed by atoms with Crippen molar-refractivity contribution in [3.8, 4) is 11.8 Å². The largest absolute Gasteiger partial charge is 0.492 e. The second-order valence-corrected chi connectivity index (χ2v) is 11.4. The molecule has 3 aromatic rings. The molecule has 1 unspecified atom stereocenters. The van der Waals surface area contributed by atoms with Gasteiger partial charge in [0.1, 0.15) is 18.4 Å². The summed E-state index contributed by atoms with van der Waals surface area (Å²) in [6.07, 6.45) is 10.0. The highest BCUT2D eigenvalue weighted by Gasteiger charge is 2.47. The van der Waals surface area contributed by atoms with Crippen molar-refractivity contribution < 1.29 is 27.9 Å². The third-order valence-corrected chi connectivity index (χ3v) is 8.15. The quantitative estimate of drug-likeness (QED) is 0.245. The number of halogens is 2. The van der Waals surface area contributed by atoms with Crippen LogP contribution >= 0.6 is 0 Å². The Hall–Kier alpha value is -4.85. The van der Waals surface area contributed by atoms with Gasteiger partial charge >= 0.3 is 0 Å². The van der Waals surface area contributed by atoms with Gasteiger partial charge in [-0.05, 0) is 48.2 Å². The van der Waals surface area contributed by atoms with Crippen LogP contribution in [0.15, 0.2) is 54.7 Å². The van der Waals surface area contributed by atoms with Gasteiger partial charge in [0.2, 0.25) is 11.8 Å². The van der Waals surface area contributed by atoms with Crippen molar-refractivity contribution in [3.05, 3.63) is 71.4 Å². The Bertz CT molecular complexity index is 1610. The normalized spacial score (nSPS) is 18.1. The van der Waals surface area contributed by atoms with Crippen LogP contribution < -0.4 is 15.4 Å². The van der Waals surface area contributed by atoms with Gasteiger partial charge in [-0.2, -0.15) is 5.26 Å². The third kappa shape index (κ3) is 8.20. The Morgan fingerprint density at radius 3 is 2.51 bits per heavy atom. The first-order chi connectivity index (χ1) is 21.7. The first kappa shape index (κ1) is 31.6. The Morgan fingerprint density at radius 1 is 1.02 bits per heavy atom. The molecule has 2 N–H and O–H groups in total. The monoisotopic (exact) mass is 615 g/mol. The summed E-state index contributed by atoms with van der Waals surface area (Å²) in [5.41, 5.74) is 2.66. The van der Waals surface area contributed by atoms with Crippen molar-refractivity contribution in [2.75, 3.05) is 26.2 Å². The Labute approximate surface area is 260 Å². The lowest BCUT2D eigenvalue weighted by Crippen LogP contribution is -2.43. The van der Waals surface area contributed by atoms with E-state index >= 15 is 0 Å². The molecule has 3 amide bonds. The van der Waals surface area contributed by atoms with Gasteiger partial charge in [-0.3, -0.25) is 19.4 Å². The molecule has 1 aromatic heterocycles. The third-order valence-electron chi connectivity index (χ3n) is 8.15. The average molecular weight is 616 g/mol. The lowest BCUT2D eigenvalue weighted by molar-refractivity contribution is -0.131. The van der Waals surface area contributed by atoms with E-state index in [0.717, 1.165) is 41.7 Å². The number of nitrogens with one attached hydrogen (secondary N) is 2. The molecule has 2 fully saturated rings. The molecule has 0 spiro atoms. The Morgan fingerprint density at radius 2 is 1.76 bits per heavy atom. The van der Waals surface area contributed by atoms with E-state index in [4.69, 9.17) is 10.00 Å². The molecule has 1 aliphatic heterocycles. The summed E-state index contributed by atoms with van der Waals surface area (Å²) in [7, 11) is 0. The number of likely N-dealkylation sites (tertiary alicyclic amines) is 1. The molecule has 5 rings (SSSR count). The highest BCUT2D eigenvalue weighted by atomic mass is 19.3. The number of amides is 3. The highest BCUT2D eigenvalue weighted by Crippen LogP contribution is 2.31. The SMILES string of the molecule is N#CC1CC(F)(F)CN1C(=O)CNC(=O)c1ccnc2cc(/C=C/c3ccc(OCCNC(=O)C4CCCCC4)cc3)ccc12. The number of benzene rings is 2. The molecule has 45 heavy (non-hydrogen) atoms. The molecule has 1 atom stereocenters. The van der Waals surface area contributed by atoms with Gasteiger partial charge in [0, 0.05) is 23.9 Å². The number of carbonyl (C=O) groups is 3. The van der Waals surface area contributed by atoms with Crippen molar-refractivity contribution in [3.63, 3.8) is 0 Å². The number of aromatic nitrogens is 1. The van der Waals surface area contributed by atoms with E-state index in [0.29, 0.717) is 29.8 Å². The van der Waals surface area contributed by atoms with E-state index < -0.39 is 43.3 Å². The second kappa shape index (κ2) is 14.3. The molecule has 0 radical (unpaired) electrons. The number of ether oxygens (including phenoxy) is 1. The van der Waals surface area contributed by atoms with Gasteiger partial charge in [0.05, 0.1) is 36.8 Å². The maximum atomic E-state index is 13.7. The predicted molar refractivity (Wildman–Crippen MR) is 165 cm³/mol. The first-order valence-electron chi connectivity index (χ1n) is 15.1. The fourth-order valence-electron chi connectivity index (χ4n) is 5.73. The molecule has 2 aromatic carbocycles. The summed E-state index contributed by atoms with van der Waals surface area (Å²) >= 11 is 0. The van der Waals surface area contributed by atoms with Crippen LogP contribution in [0.1, 0.15) is 60.0 Å². The van der Waals surface area contributed by atoms with Crippen LogP contribution in [-0.4, -0.2) is 65.8 Å². The summed E-state index contributed by atoms with van der Waals surface area (Å²) < 4.78 is 33.1. The molecule has 11 heteroatoms. The molecule has 0 bridgehead atoms. The van der Waals surface area contributed by atoms with Crippen LogP contribution in [0.4, 0.5) is 8.78 Å². The lowest BCUT2D eigenvalue weighted by Gasteiger charge is -2.20. The molecule has 1 saturated carbocycles. The number of nitrogens with zero attached hydrogens (tertiary/aromatic N) is 3. The fraction of sp³-hybridized carbons (Fsp3) is 0.382. The van der Waals surface area contributed by atoms with E-state index in [2.05, 4.69) is 15.6 Å². The Balaban J connectivity index is 1.12. The van der Waals surface area contributed by atoms with E-state index in [-0.39, 0.29) is 17.4 Å². The van der Waals surface area contributed by atoms with E-state index in [1.54, 1.807) is 12.1 Å². The smallest absolute Gasteiger partial charge is 0.268 e. The van der Waals surface area contributed by atoms with Crippen LogP contribution in [0.25, 0.3) is 23.1 Å². The molecule has 9 nitrogen and oxygen atoms in total. The van der Waals surface area contributed by atoms with E-state index in [1.165, 1.54) is 18.7 Å². The van der Waals surface area contributed by atoms with Crippen LogP contribution in [0.2, 0.25) is 0 Å². The van der Waals surface area contributed by atoms with Crippen LogP contribution in [0, 0.1) is 17.2 Å². The Kier molecular flexibility index (Phi) is 10.0. The average Bonchev–Trinajstić information content (AvgIpc) is 3.39. The molecule has 1 aliphatic carbocycles. The van der Waals surface area contributed by atoms with Crippen LogP contribution in [-0.2, 0) is 9.59 Å². The van der Waals surface area contributed by atoms with Gasteiger partial charge in [0.15, 0.2) is 0 Å². The van der Waals surface area contributed by atoms with Crippen LogP contribution in [0.5, 0.6) is 5.75 Å². The molecular weight excluding hydrogens is 580 g/mol. The topological polar surface area (TPSA) is 124 Å². The molecule has 2 heterocycles. The van der Waals surface area contributed by atoms with Gasteiger partial charge < -0.3 is 20.3 Å². The highest BCUT2D eigenvalue weighted by molar-refractivity contribution is 6.07. The predicted octanol–water partition coefficient (Wildman–Crippen LogP) is 4.97. The zero-order valence-corrected chi connectivity index (χ0v) is 24.8. The fourth-order valence-corrected chi connectivity index (χ4v) is 5.73. The summed E-state index contributed by atoms with van der Waals surface area (Å²) in [5, 5.41) is 15.1. The zero-order valence-electron chi connectivity index (χ0n) is 24.8. The zero-order chi connectivity index (χ0) is 31.8. The minimum atomic E-state index is -3.12. The lowest BCUT2D eigenvalue weighted by atomic mass is 9.89. The molecule has 234 valence electrons. The summed E-state index contributed by atoms with van der Waals surface area (Å²) in [6.45, 7) is -0.476. The van der Waals surface area contributed by atoms with Crippen molar-refractivity contribution in [2.45, 2.75) is 50.5 Å². The standard InChI is InChI=1S/C34H35F2N5O4/c35-34(36)19-26(20-37)41(22-34)31(42)21-40-33(44)29-14-15-38-30-18-24(10-13-28(29)30)7-6-23-8-11-27(12-9-23)45-17-16-39-32(43)25-4-2-1-3-5-25/h6-15,18,25-26H,1-5,16-17,19,21-22H2,(H,39,43)(H,40,44)/b7-6+. The molecule has 2 aliphatic rings. The van der Waals surface area contributed by atoms with Crippen molar-refractivity contribution in [2.24, 2.45) is 5.92 Å².